The van der Waals surface area contributed by atoms with E-state index in [2.05, 4.69) is 33.1 Å². The monoisotopic (exact) mass is 294 g/mol. The van der Waals surface area contributed by atoms with Crippen molar-refractivity contribution in [3.63, 3.8) is 0 Å². The fourth-order valence-electron chi connectivity index (χ4n) is 1.24. The summed E-state index contributed by atoms with van der Waals surface area (Å²) in [6.07, 6.45) is 11.6. The standard InChI is InChI=1S/C13H26SSe/c1-5-6-7-8-9-10-13(14-4)15-11-12(2)3/h10,12H,5-9,11H2,1-4H3/b13-10-. The van der Waals surface area contributed by atoms with Crippen LogP contribution in [0.2, 0.25) is 5.32 Å². The summed E-state index contributed by atoms with van der Waals surface area (Å²) in [7, 11) is 0. The second kappa shape index (κ2) is 11.1. The van der Waals surface area contributed by atoms with E-state index in [1.54, 1.807) is 3.80 Å². The van der Waals surface area contributed by atoms with Crippen molar-refractivity contribution in [1.82, 2.24) is 0 Å². The predicted octanol–water partition coefficient (Wildman–Crippen LogP) is 4.94. The maximum atomic E-state index is 2.49. The molecule has 0 rings (SSSR count). The van der Waals surface area contributed by atoms with Crippen LogP contribution in [0.5, 0.6) is 0 Å². The Morgan fingerprint density at radius 2 is 2.00 bits per heavy atom. The van der Waals surface area contributed by atoms with Gasteiger partial charge in [-0.3, -0.25) is 0 Å². The summed E-state index contributed by atoms with van der Waals surface area (Å²) in [4.78, 5) is 0. The zero-order valence-corrected chi connectivity index (χ0v) is 13.2. The summed E-state index contributed by atoms with van der Waals surface area (Å²) in [5.41, 5.74) is 0. The Bertz CT molecular complexity index is 164. The molecule has 0 saturated carbocycles. The molecule has 0 bridgehead atoms. The molecule has 15 heavy (non-hydrogen) atoms. The van der Waals surface area contributed by atoms with Gasteiger partial charge in [0.1, 0.15) is 0 Å². The van der Waals surface area contributed by atoms with Crippen molar-refractivity contribution >= 4 is 26.7 Å². The van der Waals surface area contributed by atoms with Gasteiger partial charge < -0.3 is 0 Å². The summed E-state index contributed by atoms with van der Waals surface area (Å²) in [6.45, 7) is 6.91. The third-order valence-corrected chi connectivity index (χ3v) is 7.05. The Balaban J connectivity index is 3.60. The molecule has 0 radical (unpaired) electrons. The number of rotatable bonds is 9. The molecule has 0 N–H and O–H groups in total. The van der Waals surface area contributed by atoms with Crippen LogP contribution in [0.3, 0.4) is 0 Å². The van der Waals surface area contributed by atoms with E-state index in [4.69, 9.17) is 0 Å². The van der Waals surface area contributed by atoms with Crippen molar-refractivity contribution in [3.05, 3.63) is 9.88 Å². The van der Waals surface area contributed by atoms with E-state index in [1.807, 2.05) is 11.8 Å². The second-order valence-corrected chi connectivity index (χ2v) is 7.94. The molecule has 0 amide bonds. The van der Waals surface area contributed by atoms with Crippen LogP contribution >= 0.6 is 11.8 Å². The van der Waals surface area contributed by atoms with Crippen LogP contribution in [0.4, 0.5) is 0 Å². The fourth-order valence-corrected chi connectivity index (χ4v) is 4.28. The van der Waals surface area contributed by atoms with Crippen LogP contribution in [0.15, 0.2) is 9.88 Å². The predicted molar refractivity (Wildman–Crippen MR) is 75.8 cm³/mol. The Labute approximate surface area is 107 Å². The van der Waals surface area contributed by atoms with Gasteiger partial charge in [-0.05, 0) is 0 Å². The fraction of sp³-hybridized carbons (Fsp3) is 0.846. The van der Waals surface area contributed by atoms with Crippen LogP contribution in [0.1, 0.15) is 52.9 Å². The Morgan fingerprint density at radius 3 is 2.53 bits per heavy atom. The van der Waals surface area contributed by atoms with E-state index in [0.717, 1.165) is 20.9 Å². The minimum atomic E-state index is 0.734. The van der Waals surface area contributed by atoms with Crippen LogP contribution in [-0.4, -0.2) is 21.2 Å². The molecule has 0 aliphatic heterocycles. The molecule has 0 fully saturated rings. The van der Waals surface area contributed by atoms with Crippen LogP contribution < -0.4 is 0 Å². The molecule has 0 spiro atoms. The number of thioether (sulfide) groups is 1. The van der Waals surface area contributed by atoms with Crippen molar-refractivity contribution in [3.8, 4) is 0 Å². The average Bonchev–Trinajstić information content (AvgIpc) is 2.22. The molecule has 0 atom stereocenters. The molecule has 2 heteroatoms. The molecule has 0 aromatic rings. The topological polar surface area (TPSA) is 0 Å². The van der Waals surface area contributed by atoms with Gasteiger partial charge in [0.05, 0.1) is 0 Å². The molecule has 90 valence electrons. The van der Waals surface area contributed by atoms with Gasteiger partial charge in [0, 0.05) is 0 Å². The van der Waals surface area contributed by atoms with E-state index >= 15 is 0 Å². The van der Waals surface area contributed by atoms with E-state index in [-0.39, 0.29) is 0 Å². The Morgan fingerprint density at radius 1 is 1.27 bits per heavy atom. The molecule has 0 unspecified atom stereocenters. The van der Waals surface area contributed by atoms with Crippen molar-refractivity contribution in [2.24, 2.45) is 5.92 Å². The summed E-state index contributed by atoms with van der Waals surface area (Å²) < 4.78 is 1.66. The van der Waals surface area contributed by atoms with Crippen molar-refractivity contribution in [2.75, 3.05) is 6.26 Å². The molecule has 0 aliphatic rings. The summed E-state index contributed by atoms with van der Waals surface area (Å²) in [5.74, 6) is 0.862. The quantitative estimate of drug-likeness (QED) is 0.428. The number of allylic oxidation sites excluding steroid dienone is 1. The first-order chi connectivity index (χ1) is 7.20. The van der Waals surface area contributed by atoms with Gasteiger partial charge in [-0.25, -0.2) is 0 Å². The van der Waals surface area contributed by atoms with E-state index in [0.29, 0.717) is 0 Å². The van der Waals surface area contributed by atoms with Crippen LogP contribution in [0.25, 0.3) is 0 Å². The molecule has 0 nitrogen and oxygen atoms in total. The Kier molecular flexibility index (Phi) is 11.6. The molecule has 0 saturated heterocycles. The van der Waals surface area contributed by atoms with Crippen molar-refractivity contribution in [1.29, 1.82) is 0 Å². The van der Waals surface area contributed by atoms with Gasteiger partial charge in [0.15, 0.2) is 0 Å². The average molecular weight is 293 g/mol. The summed E-state index contributed by atoms with van der Waals surface area (Å²) >= 11 is 2.70. The van der Waals surface area contributed by atoms with Gasteiger partial charge in [-0.2, -0.15) is 0 Å². The minimum absolute atomic E-state index is 0.734. The molecule has 0 heterocycles. The first-order valence-corrected chi connectivity index (χ1v) is 9.36. The summed E-state index contributed by atoms with van der Waals surface area (Å²) in [5, 5.41) is 1.40. The molecule has 0 aromatic heterocycles. The van der Waals surface area contributed by atoms with Crippen LogP contribution in [0, 0.1) is 5.92 Å². The van der Waals surface area contributed by atoms with Gasteiger partial charge in [-0.15, -0.1) is 0 Å². The van der Waals surface area contributed by atoms with E-state index in [1.165, 1.54) is 37.4 Å². The van der Waals surface area contributed by atoms with E-state index in [9.17, 15) is 0 Å². The number of hydrogen-bond acceptors (Lipinski definition) is 1. The molecule has 0 aliphatic carbocycles. The van der Waals surface area contributed by atoms with Crippen molar-refractivity contribution in [2.45, 2.75) is 58.2 Å². The normalized spacial score (nSPS) is 12.5. The van der Waals surface area contributed by atoms with Crippen molar-refractivity contribution < 1.29 is 0 Å². The molecular formula is C13H26SSe. The SMILES string of the molecule is CCCCCC/C=C(/SC)[Se]CC(C)C. The molecule has 0 aromatic carbocycles. The van der Waals surface area contributed by atoms with Gasteiger partial charge >= 0.3 is 107 Å². The third kappa shape index (κ3) is 10.9. The zero-order chi connectivity index (χ0) is 11.5. The number of unbranched alkanes of at least 4 members (excludes halogenated alkanes) is 4. The van der Waals surface area contributed by atoms with Crippen LogP contribution in [-0.2, 0) is 0 Å². The third-order valence-electron chi connectivity index (χ3n) is 2.13. The van der Waals surface area contributed by atoms with Gasteiger partial charge in [-0.1, -0.05) is 0 Å². The van der Waals surface area contributed by atoms with Gasteiger partial charge in [0.25, 0.3) is 0 Å². The molecular weight excluding hydrogens is 267 g/mol. The van der Waals surface area contributed by atoms with Gasteiger partial charge in [0.2, 0.25) is 0 Å². The Hall–Kier alpha value is 0.609. The van der Waals surface area contributed by atoms with E-state index < -0.39 is 0 Å². The first-order valence-electron chi connectivity index (χ1n) is 6.07. The first kappa shape index (κ1) is 15.6. The maximum absolute atomic E-state index is 2.49. The zero-order valence-electron chi connectivity index (χ0n) is 10.7. The number of hydrogen-bond donors (Lipinski definition) is 0. The second-order valence-electron chi connectivity index (χ2n) is 4.28. The summed E-state index contributed by atoms with van der Waals surface area (Å²) in [6, 6.07) is 0.